The average molecular weight is 268 g/mol. The van der Waals surface area contributed by atoms with Crippen LogP contribution in [0.1, 0.15) is 34.1 Å². The van der Waals surface area contributed by atoms with Gasteiger partial charge in [-0.2, -0.15) is 0 Å². The molecule has 0 aliphatic heterocycles. The maximum absolute atomic E-state index is 11.9. The number of ether oxygens (including phenoxy) is 1. The molecule has 0 radical (unpaired) electrons. The molecule has 0 saturated heterocycles. The van der Waals surface area contributed by atoms with Gasteiger partial charge in [-0.05, 0) is 33.1 Å². The lowest BCUT2D eigenvalue weighted by molar-refractivity contribution is -0.273. The highest BCUT2D eigenvalue weighted by Crippen LogP contribution is 2.31. The van der Waals surface area contributed by atoms with Gasteiger partial charge in [0.05, 0.1) is 19.1 Å². The number of carbonyl (C=O) groups is 2. The van der Waals surface area contributed by atoms with Crippen molar-refractivity contribution in [1.29, 1.82) is 0 Å². The zero-order valence-electron chi connectivity index (χ0n) is 12.2. The third-order valence-electron chi connectivity index (χ3n) is 3.40. The molecule has 0 heterocycles. The highest BCUT2D eigenvalue weighted by atomic mass is 16.5. The molecule has 5 heteroatoms. The van der Waals surface area contributed by atoms with Crippen molar-refractivity contribution in [2.24, 2.45) is 11.8 Å². The molecule has 19 heavy (non-hydrogen) atoms. The molecular formula is C14H22NO4-. The van der Waals surface area contributed by atoms with Gasteiger partial charge in [0.25, 0.3) is 0 Å². The number of allylic oxidation sites excluding steroid dienone is 1. The van der Waals surface area contributed by atoms with Crippen molar-refractivity contribution in [3.8, 4) is 0 Å². The molecule has 0 aromatic rings. The number of nitrogens with zero attached hydrogens (tertiary/aromatic N) is 1. The van der Waals surface area contributed by atoms with Crippen molar-refractivity contribution in [3.63, 3.8) is 0 Å². The number of esters is 1. The molecule has 1 aliphatic carbocycles. The van der Waals surface area contributed by atoms with E-state index >= 15 is 0 Å². The van der Waals surface area contributed by atoms with Crippen LogP contribution in [0.3, 0.4) is 0 Å². The molecule has 1 aliphatic rings. The lowest BCUT2D eigenvalue weighted by Crippen LogP contribution is -2.59. The predicted octanol–water partition coefficient (Wildman–Crippen LogP) is 1.18. The summed E-state index contributed by atoms with van der Waals surface area (Å²) in [6.07, 6.45) is 3.02. The Kier molecular flexibility index (Phi) is 4.61. The third kappa shape index (κ3) is 3.49. The number of amides is 1. The lowest BCUT2D eigenvalue weighted by Gasteiger charge is -2.46. The zero-order valence-corrected chi connectivity index (χ0v) is 12.2. The van der Waals surface area contributed by atoms with Gasteiger partial charge in [-0.1, -0.05) is 19.1 Å². The number of rotatable bonds is 2. The highest BCUT2D eigenvalue weighted by Gasteiger charge is 2.39. The number of hydrogen-bond donors (Lipinski definition) is 0. The third-order valence-corrected chi connectivity index (χ3v) is 3.40. The summed E-state index contributed by atoms with van der Waals surface area (Å²) in [5.74, 6) is -0.636. The van der Waals surface area contributed by atoms with E-state index in [0.717, 1.165) is 0 Å². The van der Waals surface area contributed by atoms with Crippen molar-refractivity contribution < 1.29 is 19.4 Å². The number of methoxy groups -OCH3 is 1. The van der Waals surface area contributed by atoms with E-state index in [9.17, 15) is 14.7 Å². The highest BCUT2D eigenvalue weighted by molar-refractivity contribution is 5.75. The van der Waals surface area contributed by atoms with Gasteiger partial charge in [0.2, 0.25) is 0 Å². The molecule has 3 unspecified atom stereocenters. The van der Waals surface area contributed by atoms with E-state index < -0.39 is 23.6 Å². The first-order valence-electron chi connectivity index (χ1n) is 6.45. The fourth-order valence-corrected chi connectivity index (χ4v) is 2.55. The molecule has 0 aromatic carbocycles. The fraction of sp³-hybridized carbons (Fsp3) is 0.714. The standard InChI is InChI=1S/C14H23NO4/c1-9-6-7-11(10(8-9)12(16)19-5)15(13(17)18)14(2,3)4/h6-7,9-11H,8H2,1-5H3,(H,17,18)/p-1. The van der Waals surface area contributed by atoms with E-state index in [1.165, 1.54) is 12.0 Å². The first-order valence-corrected chi connectivity index (χ1v) is 6.45. The molecule has 0 aromatic heterocycles. The van der Waals surface area contributed by atoms with E-state index in [1.807, 2.05) is 13.0 Å². The molecule has 0 N–H and O–H groups in total. The van der Waals surface area contributed by atoms with Crippen molar-refractivity contribution >= 4 is 12.1 Å². The quantitative estimate of drug-likeness (QED) is 0.557. The van der Waals surface area contributed by atoms with Gasteiger partial charge in [0.1, 0.15) is 6.09 Å². The summed E-state index contributed by atoms with van der Waals surface area (Å²) in [6, 6.07) is -0.534. The maximum atomic E-state index is 11.9. The van der Waals surface area contributed by atoms with Gasteiger partial charge in [-0.25, -0.2) is 0 Å². The van der Waals surface area contributed by atoms with E-state index in [4.69, 9.17) is 4.74 Å². The second-order valence-corrected chi connectivity index (χ2v) is 6.02. The van der Waals surface area contributed by atoms with Crippen LogP contribution in [-0.4, -0.2) is 35.7 Å². The van der Waals surface area contributed by atoms with Crippen LogP contribution < -0.4 is 5.11 Å². The van der Waals surface area contributed by atoms with Crippen molar-refractivity contribution in [2.75, 3.05) is 7.11 Å². The smallest absolute Gasteiger partial charge is 0.311 e. The predicted molar refractivity (Wildman–Crippen MR) is 69.2 cm³/mol. The van der Waals surface area contributed by atoms with Crippen LogP contribution in [-0.2, 0) is 9.53 Å². The molecule has 1 amide bonds. The topological polar surface area (TPSA) is 69.7 Å². The maximum Gasteiger partial charge on any atom is 0.311 e. The van der Waals surface area contributed by atoms with Gasteiger partial charge in [0, 0.05) is 5.54 Å². The Balaban J connectivity index is 3.14. The second-order valence-electron chi connectivity index (χ2n) is 6.02. The number of carboxylic acid groups (broad SMARTS) is 1. The molecule has 3 atom stereocenters. The van der Waals surface area contributed by atoms with Crippen LogP contribution in [0.5, 0.6) is 0 Å². The van der Waals surface area contributed by atoms with E-state index in [-0.39, 0.29) is 11.9 Å². The number of carbonyl (C=O) groups excluding carboxylic acids is 2. The van der Waals surface area contributed by atoms with Crippen LogP contribution in [0.2, 0.25) is 0 Å². The van der Waals surface area contributed by atoms with Gasteiger partial charge in [0.15, 0.2) is 0 Å². The van der Waals surface area contributed by atoms with Gasteiger partial charge >= 0.3 is 5.97 Å². The Bertz CT molecular complexity index is 383. The Morgan fingerprint density at radius 3 is 2.32 bits per heavy atom. The first-order chi connectivity index (χ1) is 8.68. The van der Waals surface area contributed by atoms with Crippen molar-refractivity contribution in [2.45, 2.75) is 45.7 Å². The molecule has 0 fully saturated rings. The second kappa shape index (κ2) is 5.63. The molecule has 0 bridgehead atoms. The summed E-state index contributed by atoms with van der Waals surface area (Å²) in [5, 5.41) is 11.4. The van der Waals surface area contributed by atoms with Crippen LogP contribution in [0, 0.1) is 11.8 Å². The van der Waals surface area contributed by atoms with E-state index in [2.05, 4.69) is 0 Å². The summed E-state index contributed by atoms with van der Waals surface area (Å²) < 4.78 is 4.80. The molecule has 5 nitrogen and oxygen atoms in total. The summed E-state index contributed by atoms with van der Waals surface area (Å²) in [6.45, 7) is 7.33. The van der Waals surface area contributed by atoms with Crippen LogP contribution in [0.15, 0.2) is 12.2 Å². The lowest BCUT2D eigenvalue weighted by atomic mass is 9.82. The molecular weight excluding hydrogens is 246 g/mol. The SMILES string of the molecule is COC(=O)C1CC(C)C=CC1N(C(=O)[O-])C(C)(C)C. The molecule has 1 rings (SSSR count). The largest absolute Gasteiger partial charge is 0.530 e. The van der Waals surface area contributed by atoms with Crippen LogP contribution in [0.25, 0.3) is 0 Å². The minimum atomic E-state index is -1.27. The Hall–Kier alpha value is -1.52. The van der Waals surface area contributed by atoms with Crippen LogP contribution in [0.4, 0.5) is 4.79 Å². The Morgan fingerprint density at radius 1 is 1.32 bits per heavy atom. The zero-order chi connectivity index (χ0) is 14.8. The molecule has 0 spiro atoms. The first kappa shape index (κ1) is 15.5. The monoisotopic (exact) mass is 268 g/mol. The van der Waals surface area contributed by atoms with Crippen LogP contribution >= 0.6 is 0 Å². The fourth-order valence-electron chi connectivity index (χ4n) is 2.55. The summed E-state index contributed by atoms with van der Waals surface area (Å²) >= 11 is 0. The Labute approximate surface area is 114 Å². The number of hydrogen-bond acceptors (Lipinski definition) is 4. The molecule has 108 valence electrons. The van der Waals surface area contributed by atoms with Gasteiger partial charge in [-0.3, -0.25) is 4.79 Å². The summed E-state index contributed by atoms with van der Waals surface area (Å²) in [4.78, 5) is 24.5. The van der Waals surface area contributed by atoms with Gasteiger partial charge < -0.3 is 19.5 Å². The van der Waals surface area contributed by atoms with Gasteiger partial charge in [-0.15, -0.1) is 0 Å². The Morgan fingerprint density at radius 2 is 1.89 bits per heavy atom. The normalized spacial score (nSPS) is 26.9. The average Bonchev–Trinajstić information content (AvgIpc) is 2.28. The minimum absolute atomic E-state index is 0.226. The van der Waals surface area contributed by atoms with E-state index in [1.54, 1.807) is 26.8 Å². The van der Waals surface area contributed by atoms with Crippen molar-refractivity contribution in [3.05, 3.63) is 12.2 Å². The minimum Gasteiger partial charge on any atom is -0.530 e. The summed E-state index contributed by atoms with van der Waals surface area (Å²) in [7, 11) is 1.32. The van der Waals surface area contributed by atoms with Crippen molar-refractivity contribution in [1.82, 2.24) is 4.90 Å². The van der Waals surface area contributed by atoms with E-state index in [0.29, 0.717) is 6.42 Å². The molecule has 0 saturated carbocycles. The summed E-state index contributed by atoms with van der Waals surface area (Å²) in [5.41, 5.74) is -0.638.